The van der Waals surface area contributed by atoms with Gasteiger partial charge in [-0.3, -0.25) is 4.79 Å². The fourth-order valence-electron chi connectivity index (χ4n) is 2.25. The first-order valence-electron chi connectivity index (χ1n) is 7.90. The first-order valence-corrected chi connectivity index (χ1v) is 7.90. The van der Waals surface area contributed by atoms with E-state index in [-0.39, 0.29) is 11.8 Å². The number of benzene rings is 1. The fraction of sp³-hybridized carbons (Fsp3) is 0.529. The molecule has 126 valence electrons. The molecule has 0 heterocycles. The van der Waals surface area contributed by atoms with E-state index in [9.17, 15) is 4.79 Å². The summed E-state index contributed by atoms with van der Waals surface area (Å²) in [6.07, 6.45) is 0. The van der Waals surface area contributed by atoms with Crippen LogP contribution in [-0.4, -0.2) is 39.3 Å². The Bertz CT molecular complexity index is 555. The predicted molar refractivity (Wildman–Crippen MR) is 88.8 cm³/mol. The molecule has 0 aliphatic carbocycles. The Labute approximate surface area is 138 Å². The number of ether oxygens (including phenoxy) is 2. The van der Waals surface area contributed by atoms with Crippen LogP contribution in [0.15, 0.2) is 18.2 Å². The number of carbonyl (C=O) groups excluding carboxylic acids is 1. The second-order valence-electron chi connectivity index (χ2n) is 5.44. The third-order valence-corrected chi connectivity index (χ3v) is 3.16. The molecule has 1 aromatic rings. The van der Waals surface area contributed by atoms with Gasteiger partial charge in [-0.25, -0.2) is 0 Å². The number of amides is 1. The maximum absolute atomic E-state index is 12.1. The molecule has 0 aliphatic rings. The van der Waals surface area contributed by atoms with Crippen LogP contribution < -0.4 is 19.7 Å². The highest BCUT2D eigenvalue weighted by atomic mass is 16.5. The average molecular weight is 320 g/mol. The van der Waals surface area contributed by atoms with Gasteiger partial charge in [0.25, 0.3) is 5.91 Å². The summed E-state index contributed by atoms with van der Waals surface area (Å²) in [6.45, 7) is 7.68. The molecule has 0 fully saturated rings. The zero-order valence-corrected chi connectivity index (χ0v) is 14.3. The Morgan fingerprint density at radius 3 is 2.57 bits per heavy atom. The minimum Gasteiger partial charge on any atom is -0.490 e. The van der Waals surface area contributed by atoms with Gasteiger partial charge in [-0.15, -0.1) is 0 Å². The first-order chi connectivity index (χ1) is 11.0. The number of nitriles is 1. The zero-order valence-electron chi connectivity index (χ0n) is 14.3. The topological polar surface area (TPSA) is 75.8 Å². The van der Waals surface area contributed by atoms with Gasteiger partial charge in [0, 0.05) is 11.8 Å². The van der Waals surface area contributed by atoms with Crippen LogP contribution in [-0.2, 0) is 4.79 Å². The number of quaternary nitrogens is 1. The molecule has 0 aliphatic heterocycles. The molecule has 0 spiro atoms. The Kier molecular flexibility index (Phi) is 7.92. The normalized spacial score (nSPS) is 12.8. The van der Waals surface area contributed by atoms with Crippen LogP contribution in [0.1, 0.15) is 20.8 Å². The van der Waals surface area contributed by atoms with Crippen LogP contribution >= 0.6 is 0 Å². The lowest BCUT2D eigenvalue weighted by molar-refractivity contribution is -0.873. The van der Waals surface area contributed by atoms with Crippen molar-refractivity contribution in [3.8, 4) is 17.6 Å². The molecule has 0 bridgehead atoms. The molecule has 6 heteroatoms. The maximum Gasteiger partial charge on any atom is 0.279 e. The first kappa shape index (κ1) is 18.8. The molecular formula is C17H26N3O3+. The SMILES string of the molecule is CCOc1ccc(NC(=O)C[NH+](C)C[C@@H](C)C#N)cc1OCC. The van der Waals surface area contributed by atoms with Crippen molar-refractivity contribution < 1.29 is 19.2 Å². The van der Waals surface area contributed by atoms with Gasteiger partial charge in [-0.1, -0.05) is 0 Å². The van der Waals surface area contributed by atoms with E-state index in [1.165, 1.54) is 0 Å². The van der Waals surface area contributed by atoms with Gasteiger partial charge in [0.1, 0.15) is 0 Å². The van der Waals surface area contributed by atoms with Crippen molar-refractivity contribution in [2.75, 3.05) is 38.7 Å². The number of nitrogens with one attached hydrogen (secondary N) is 2. The number of rotatable bonds is 9. The van der Waals surface area contributed by atoms with Gasteiger partial charge in [0.2, 0.25) is 0 Å². The van der Waals surface area contributed by atoms with Crippen molar-refractivity contribution >= 4 is 11.6 Å². The smallest absolute Gasteiger partial charge is 0.279 e. The van der Waals surface area contributed by atoms with E-state index in [4.69, 9.17) is 14.7 Å². The molecule has 0 radical (unpaired) electrons. The number of carbonyl (C=O) groups is 1. The largest absolute Gasteiger partial charge is 0.490 e. The van der Waals surface area contributed by atoms with Crippen LogP contribution in [0.4, 0.5) is 5.69 Å². The average Bonchev–Trinajstić information content (AvgIpc) is 2.49. The Morgan fingerprint density at radius 2 is 1.96 bits per heavy atom. The second-order valence-corrected chi connectivity index (χ2v) is 5.44. The highest BCUT2D eigenvalue weighted by molar-refractivity contribution is 5.91. The summed E-state index contributed by atoms with van der Waals surface area (Å²) in [4.78, 5) is 13.1. The van der Waals surface area contributed by atoms with Crippen molar-refractivity contribution in [3.63, 3.8) is 0 Å². The molecule has 1 rings (SSSR count). The van der Waals surface area contributed by atoms with Gasteiger partial charge in [-0.05, 0) is 32.9 Å². The van der Waals surface area contributed by atoms with E-state index >= 15 is 0 Å². The van der Waals surface area contributed by atoms with Gasteiger partial charge in [0.05, 0.1) is 38.8 Å². The molecule has 1 aromatic carbocycles. The van der Waals surface area contributed by atoms with E-state index < -0.39 is 0 Å². The summed E-state index contributed by atoms with van der Waals surface area (Å²) in [6, 6.07) is 7.52. The molecule has 1 amide bonds. The van der Waals surface area contributed by atoms with Gasteiger partial charge in [-0.2, -0.15) is 5.26 Å². The van der Waals surface area contributed by atoms with Gasteiger partial charge in [0.15, 0.2) is 18.0 Å². The summed E-state index contributed by atoms with van der Waals surface area (Å²) in [5.74, 6) is 1.11. The third kappa shape index (κ3) is 6.57. The highest BCUT2D eigenvalue weighted by Crippen LogP contribution is 2.30. The summed E-state index contributed by atoms with van der Waals surface area (Å²) in [7, 11) is 1.90. The molecule has 0 saturated heterocycles. The highest BCUT2D eigenvalue weighted by Gasteiger charge is 2.14. The van der Waals surface area contributed by atoms with Crippen molar-refractivity contribution in [1.29, 1.82) is 5.26 Å². The quantitative estimate of drug-likeness (QED) is 0.714. The molecule has 23 heavy (non-hydrogen) atoms. The number of hydrogen-bond acceptors (Lipinski definition) is 4. The molecule has 0 saturated carbocycles. The van der Waals surface area contributed by atoms with Gasteiger partial charge < -0.3 is 19.7 Å². The second kappa shape index (κ2) is 9.70. The number of likely N-dealkylation sites (N-methyl/N-ethyl adjacent to an activating group) is 1. The zero-order chi connectivity index (χ0) is 17.2. The minimum absolute atomic E-state index is 0.0715. The number of hydrogen-bond donors (Lipinski definition) is 2. The number of nitrogens with zero attached hydrogens (tertiary/aromatic N) is 1. The summed E-state index contributed by atoms with van der Waals surface area (Å²) in [5, 5.41) is 11.7. The van der Waals surface area contributed by atoms with E-state index in [2.05, 4.69) is 11.4 Å². The maximum atomic E-state index is 12.1. The lowest BCUT2D eigenvalue weighted by Gasteiger charge is -2.16. The van der Waals surface area contributed by atoms with Gasteiger partial charge >= 0.3 is 0 Å². The summed E-state index contributed by atoms with van der Waals surface area (Å²) >= 11 is 0. The molecule has 2 atom stereocenters. The Hall–Kier alpha value is -2.26. The van der Waals surface area contributed by atoms with Crippen molar-refractivity contribution in [2.45, 2.75) is 20.8 Å². The molecular weight excluding hydrogens is 294 g/mol. The van der Waals surface area contributed by atoms with Crippen LogP contribution in [0.25, 0.3) is 0 Å². The minimum atomic E-state index is -0.0979. The van der Waals surface area contributed by atoms with Crippen molar-refractivity contribution in [2.24, 2.45) is 5.92 Å². The van der Waals surface area contributed by atoms with E-state index in [1.54, 1.807) is 18.2 Å². The number of anilines is 1. The summed E-state index contributed by atoms with van der Waals surface area (Å²) in [5.41, 5.74) is 0.669. The third-order valence-electron chi connectivity index (χ3n) is 3.16. The van der Waals surface area contributed by atoms with E-state index in [0.29, 0.717) is 43.5 Å². The Balaban J connectivity index is 2.67. The van der Waals surface area contributed by atoms with Crippen molar-refractivity contribution in [1.82, 2.24) is 0 Å². The molecule has 1 unspecified atom stereocenters. The lowest BCUT2D eigenvalue weighted by Crippen LogP contribution is -3.10. The molecule has 0 aromatic heterocycles. The van der Waals surface area contributed by atoms with Crippen LogP contribution in [0.2, 0.25) is 0 Å². The Morgan fingerprint density at radius 1 is 1.30 bits per heavy atom. The molecule has 6 nitrogen and oxygen atoms in total. The van der Waals surface area contributed by atoms with E-state index in [0.717, 1.165) is 4.90 Å². The van der Waals surface area contributed by atoms with Crippen molar-refractivity contribution in [3.05, 3.63) is 18.2 Å². The summed E-state index contributed by atoms with van der Waals surface area (Å²) < 4.78 is 11.0. The van der Waals surface area contributed by atoms with E-state index in [1.807, 2.05) is 27.8 Å². The van der Waals surface area contributed by atoms with Crippen LogP contribution in [0, 0.1) is 17.2 Å². The lowest BCUT2D eigenvalue weighted by atomic mass is 10.2. The van der Waals surface area contributed by atoms with Crippen LogP contribution in [0.3, 0.4) is 0 Å². The fourth-order valence-corrected chi connectivity index (χ4v) is 2.25. The molecule has 2 N–H and O–H groups in total. The monoisotopic (exact) mass is 320 g/mol. The van der Waals surface area contributed by atoms with Crippen LogP contribution in [0.5, 0.6) is 11.5 Å². The standard InChI is InChI=1S/C17H25N3O3/c1-5-22-15-8-7-14(9-16(15)23-6-2)19-17(21)12-20(4)11-13(3)10-18/h7-9,13H,5-6,11-12H2,1-4H3,(H,19,21)/p+1/t13-/m0/s1. The predicted octanol–water partition coefficient (Wildman–Crippen LogP) is 1.10.